The number of aryl methyl sites for hydroxylation is 1. The first kappa shape index (κ1) is 7.29. The van der Waals surface area contributed by atoms with Gasteiger partial charge in [0.2, 0.25) is 0 Å². The SMILES string of the molecule is CO[CH]c1ccc(C)cc1. The van der Waals surface area contributed by atoms with Gasteiger partial charge in [0, 0.05) is 7.11 Å². The molecule has 1 heteroatoms. The molecule has 1 aromatic rings. The van der Waals surface area contributed by atoms with Gasteiger partial charge in [-0.2, -0.15) is 0 Å². The summed E-state index contributed by atoms with van der Waals surface area (Å²) in [6.07, 6.45) is 0. The van der Waals surface area contributed by atoms with Crippen molar-refractivity contribution in [3.8, 4) is 0 Å². The van der Waals surface area contributed by atoms with Crippen molar-refractivity contribution in [2.24, 2.45) is 0 Å². The molecule has 0 atom stereocenters. The topological polar surface area (TPSA) is 9.23 Å². The van der Waals surface area contributed by atoms with Crippen LogP contribution >= 0.6 is 0 Å². The lowest BCUT2D eigenvalue weighted by molar-refractivity contribution is 0.292. The van der Waals surface area contributed by atoms with Crippen molar-refractivity contribution < 1.29 is 4.74 Å². The van der Waals surface area contributed by atoms with Gasteiger partial charge < -0.3 is 4.74 Å². The summed E-state index contributed by atoms with van der Waals surface area (Å²) in [6, 6.07) is 8.17. The fourth-order valence-corrected chi connectivity index (χ4v) is 0.781. The first-order valence-electron chi connectivity index (χ1n) is 3.25. The van der Waals surface area contributed by atoms with E-state index in [1.54, 1.807) is 13.7 Å². The second-order valence-corrected chi connectivity index (χ2v) is 2.26. The molecule has 0 N–H and O–H groups in total. The first-order chi connectivity index (χ1) is 4.83. The van der Waals surface area contributed by atoms with E-state index in [-0.39, 0.29) is 0 Å². The summed E-state index contributed by atoms with van der Waals surface area (Å²) >= 11 is 0. The van der Waals surface area contributed by atoms with Crippen LogP contribution in [-0.4, -0.2) is 7.11 Å². The van der Waals surface area contributed by atoms with Gasteiger partial charge in [0.05, 0.1) is 0 Å². The maximum Gasteiger partial charge on any atom is 0.112 e. The van der Waals surface area contributed by atoms with Crippen LogP contribution in [0, 0.1) is 13.5 Å². The predicted molar refractivity (Wildman–Crippen MR) is 41.6 cm³/mol. The van der Waals surface area contributed by atoms with E-state index >= 15 is 0 Å². The largest absolute Gasteiger partial charge is 0.374 e. The van der Waals surface area contributed by atoms with Crippen LogP contribution in [0.25, 0.3) is 0 Å². The molecule has 10 heavy (non-hydrogen) atoms. The second-order valence-electron chi connectivity index (χ2n) is 2.26. The Morgan fingerprint density at radius 2 is 1.80 bits per heavy atom. The monoisotopic (exact) mass is 135 g/mol. The molecule has 0 heterocycles. The van der Waals surface area contributed by atoms with Crippen molar-refractivity contribution >= 4 is 0 Å². The van der Waals surface area contributed by atoms with Gasteiger partial charge in [-0.05, 0) is 12.5 Å². The van der Waals surface area contributed by atoms with Crippen molar-refractivity contribution in [1.82, 2.24) is 0 Å². The molecule has 0 aromatic heterocycles. The number of benzene rings is 1. The third kappa shape index (κ3) is 1.85. The van der Waals surface area contributed by atoms with Gasteiger partial charge in [0.25, 0.3) is 0 Å². The summed E-state index contributed by atoms with van der Waals surface area (Å²) in [5, 5.41) is 0. The van der Waals surface area contributed by atoms with Crippen molar-refractivity contribution in [3.05, 3.63) is 42.0 Å². The Hall–Kier alpha value is -0.820. The van der Waals surface area contributed by atoms with Crippen LogP contribution in [0.1, 0.15) is 11.1 Å². The quantitative estimate of drug-likeness (QED) is 0.603. The maximum absolute atomic E-state index is 4.84. The highest BCUT2D eigenvalue weighted by Crippen LogP contribution is 2.04. The van der Waals surface area contributed by atoms with Gasteiger partial charge >= 0.3 is 0 Å². The third-order valence-electron chi connectivity index (χ3n) is 1.33. The van der Waals surface area contributed by atoms with Gasteiger partial charge in [0.1, 0.15) is 6.61 Å². The number of methoxy groups -OCH3 is 1. The Bertz CT molecular complexity index is 188. The van der Waals surface area contributed by atoms with Gasteiger partial charge in [0.15, 0.2) is 0 Å². The van der Waals surface area contributed by atoms with E-state index in [0.717, 1.165) is 5.56 Å². The molecule has 0 fully saturated rings. The van der Waals surface area contributed by atoms with Crippen molar-refractivity contribution in [3.63, 3.8) is 0 Å². The summed E-state index contributed by atoms with van der Waals surface area (Å²) < 4.78 is 4.84. The Morgan fingerprint density at radius 3 is 2.30 bits per heavy atom. The van der Waals surface area contributed by atoms with E-state index in [1.807, 2.05) is 12.1 Å². The van der Waals surface area contributed by atoms with Gasteiger partial charge in [-0.25, -0.2) is 0 Å². The normalized spacial score (nSPS) is 9.80. The summed E-state index contributed by atoms with van der Waals surface area (Å²) in [6.45, 7) is 3.79. The Kier molecular flexibility index (Phi) is 2.46. The first-order valence-corrected chi connectivity index (χ1v) is 3.25. The van der Waals surface area contributed by atoms with Crippen LogP contribution in [0.5, 0.6) is 0 Å². The lowest BCUT2D eigenvalue weighted by atomic mass is 10.2. The molecule has 0 saturated heterocycles. The molecule has 1 nitrogen and oxygen atoms in total. The molecular formula is C9H11O. The van der Waals surface area contributed by atoms with Gasteiger partial charge in [-0.1, -0.05) is 29.8 Å². The summed E-state index contributed by atoms with van der Waals surface area (Å²) in [5.74, 6) is 0. The average Bonchev–Trinajstić information content (AvgIpc) is 1.95. The zero-order valence-corrected chi connectivity index (χ0v) is 6.29. The summed E-state index contributed by atoms with van der Waals surface area (Å²) in [7, 11) is 1.65. The summed E-state index contributed by atoms with van der Waals surface area (Å²) in [4.78, 5) is 0. The zero-order valence-electron chi connectivity index (χ0n) is 6.29. The van der Waals surface area contributed by atoms with E-state index in [9.17, 15) is 0 Å². The molecule has 0 aliphatic heterocycles. The molecule has 0 bridgehead atoms. The highest BCUT2D eigenvalue weighted by molar-refractivity contribution is 5.24. The third-order valence-corrected chi connectivity index (χ3v) is 1.33. The Balaban J connectivity index is 2.69. The molecule has 0 unspecified atom stereocenters. The minimum atomic E-state index is 1.10. The average molecular weight is 135 g/mol. The molecule has 0 aliphatic rings. The zero-order chi connectivity index (χ0) is 7.40. The van der Waals surface area contributed by atoms with E-state index < -0.39 is 0 Å². The van der Waals surface area contributed by atoms with Crippen LogP contribution < -0.4 is 0 Å². The fraction of sp³-hybridized carbons (Fsp3) is 0.222. The van der Waals surface area contributed by atoms with Crippen molar-refractivity contribution in [1.29, 1.82) is 0 Å². The van der Waals surface area contributed by atoms with Gasteiger partial charge in [-0.3, -0.25) is 0 Å². The summed E-state index contributed by atoms with van der Waals surface area (Å²) in [5.41, 5.74) is 2.38. The lowest BCUT2D eigenvalue weighted by Gasteiger charge is -1.97. The van der Waals surface area contributed by atoms with Crippen LogP contribution in [-0.2, 0) is 4.74 Å². The van der Waals surface area contributed by atoms with Crippen molar-refractivity contribution in [2.45, 2.75) is 6.92 Å². The fourth-order valence-electron chi connectivity index (χ4n) is 0.781. The number of hydrogen-bond acceptors (Lipinski definition) is 1. The minimum Gasteiger partial charge on any atom is -0.374 e. The van der Waals surface area contributed by atoms with E-state index in [2.05, 4.69) is 19.1 Å². The van der Waals surface area contributed by atoms with E-state index in [1.165, 1.54) is 5.56 Å². The Labute approximate surface area is 61.6 Å². The highest BCUT2D eigenvalue weighted by Gasteiger charge is 1.89. The molecule has 0 aliphatic carbocycles. The molecule has 1 rings (SSSR count). The number of hydrogen-bond donors (Lipinski definition) is 0. The van der Waals surface area contributed by atoms with Crippen LogP contribution in [0.3, 0.4) is 0 Å². The van der Waals surface area contributed by atoms with E-state index in [0.29, 0.717) is 0 Å². The number of rotatable bonds is 2. The number of ether oxygens (including phenoxy) is 1. The minimum absolute atomic E-state index is 1.10. The van der Waals surface area contributed by atoms with Crippen LogP contribution in [0.15, 0.2) is 24.3 Å². The molecule has 0 saturated carbocycles. The molecule has 53 valence electrons. The molecule has 0 spiro atoms. The standard InChI is InChI=1S/C9H11O/c1-8-3-5-9(6-4-8)7-10-2/h3-7H,1-2H3. The molecule has 0 amide bonds. The van der Waals surface area contributed by atoms with Crippen LogP contribution in [0.4, 0.5) is 0 Å². The second kappa shape index (κ2) is 3.37. The molecule has 1 radical (unpaired) electrons. The highest BCUT2D eigenvalue weighted by atomic mass is 16.5. The van der Waals surface area contributed by atoms with Crippen LogP contribution in [0.2, 0.25) is 0 Å². The van der Waals surface area contributed by atoms with Gasteiger partial charge in [-0.15, -0.1) is 0 Å². The van der Waals surface area contributed by atoms with E-state index in [4.69, 9.17) is 4.74 Å². The van der Waals surface area contributed by atoms with Crippen molar-refractivity contribution in [2.75, 3.05) is 7.11 Å². The molecule has 1 aromatic carbocycles. The predicted octanol–water partition coefficient (Wildman–Crippen LogP) is 2.15. The smallest absolute Gasteiger partial charge is 0.112 e. The Morgan fingerprint density at radius 1 is 1.20 bits per heavy atom. The molecular weight excluding hydrogens is 124 g/mol. The maximum atomic E-state index is 4.84. The lowest BCUT2D eigenvalue weighted by Crippen LogP contribution is -1.82.